The fourth-order valence-electron chi connectivity index (χ4n) is 3.90. The van der Waals surface area contributed by atoms with Gasteiger partial charge >= 0.3 is 0 Å². The Hall–Kier alpha value is -2.14. The standard InChI is InChI=1S/C20H26N2O3/c1-25-14-13-21-19(24)20-11-6-5-9-17(20)22(18(23)10-12-20)15-16-7-3-2-4-8-16/h2-4,7-9H,5-6,10-15H2,1H3,(H,21,24). The summed E-state index contributed by atoms with van der Waals surface area (Å²) in [4.78, 5) is 27.4. The van der Waals surface area contributed by atoms with Gasteiger partial charge in [0.2, 0.25) is 11.8 Å². The lowest BCUT2D eigenvalue weighted by Crippen LogP contribution is -2.53. The Labute approximate surface area is 149 Å². The van der Waals surface area contributed by atoms with Gasteiger partial charge in [-0.1, -0.05) is 36.4 Å². The number of carbonyl (C=O) groups excluding carboxylic acids is 2. The van der Waals surface area contributed by atoms with Crippen LogP contribution in [0.3, 0.4) is 0 Å². The van der Waals surface area contributed by atoms with Crippen molar-refractivity contribution < 1.29 is 14.3 Å². The number of amides is 2. The van der Waals surface area contributed by atoms with E-state index in [2.05, 4.69) is 11.4 Å². The predicted molar refractivity (Wildman–Crippen MR) is 95.5 cm³/mol. The van der Waals surface area contributed by atoms with Crippen molar-refractivity contribution in [3.63, 3.8) is 0 Å². The van der Waals surface area contributed by atoms with Crippen LogP contribution in [0.15, 0.2) is 42.1 Å². The molecule has 5 nitrogen and oxygen atoms in total. The lowest BCUT2D eigenvalue weighted by Gasteiger charge is -2.46. The Morgan fingerprint density at radius 3 is 2.84 bits per heavy atom. The van der Waals surface area contributed by atoms with Crippen LogP contribution < -0.4 is 5.32 Å². The predicted octanol–water partition coefficient (Wildman–Crippen LogP) is 2.63. The molecule has 0 spiro atoms. The van der Waals surface area contributed by atoms with E-state index in [4.69, 9.17) is 4.74 Å². The quantitative estimate of drug-likeness (QED) is 0.809. The fourth-order valence-corrected chi connectivity index (χ4v) is 3.90. The van der Waals surface area contributed by atoms with Gasteiger partial charge in [-0.15, -0.1) is 0 Å². The number of likely N-dealkylation sites (tertiary alicyclic amines) is 1. The van der Waals surface area contributed by atoms with Gasteiger partial charge < -0.3 is 15.0 Å². The van der Waals surface area contributed by atoms with E-state index < -0.39 is 5.41 Å². The van der Waals surface area contributed by atoms with Crippen LogP contribution in [0.5, 0.6) is 0 Å². The second kappa shape index (κ2) is 7.83. The van der Waals surface area contributed by atoms with Gasteiger partial charge in [0, 0.05) is 25.8 Å². The molecule has 1 aromatic rings. The molecule has 1 saturated heterocycles. The van der Waals surface area contributed by atoms with E-state index in [9.17, 15) is 9.59 Å². The van der Waals surface area contributed by atoms with Crippen molar-refractivity contribution in [3.8, 4) is 0 Å². The monoisotopic (exact) mass is 342 g/mol. The van der Waals surface area contributed by atoms with E-state index in [1.54, 1.807) is 7.11 Å². The summed E-state index contributed by atoms with van der Waals surface area (Å²) in [6, 6.07) is 9.96. The molecular weight excluding hydrogens is 316 g/mol. The highest BCUT2D eigenvalue weighted by Gasteiger charge is 2.49. The van der Waals surface area contributed by atoms with Gasteiger partial charge in [-0.25, -0.2) is 0 Å². The van der Waals surface area contributed by atoms with Crippen LogP contribution in [0.2, 0.25) is 0 Å². The molecule has 0 aromatic heterocycles. The zero-order valence-corrected chi connectivity index (χ0v) is 14.8. The maximum atomic E-state index is 13.0. The number of nitrogens with zero attached hydrogens (tertiary/aromatic N) is 1. The molecule has 2 amide bonds. The van der Waals surface area contributed by atoms with Crippen LogP contribution in [0, 0.1) is 5.41 Å². The minimum Gasteiger partial charge on any atom is -0.383 e. The molecule has 1 aromatic carbocycles. The van der Waals surface area contributed by atoms with Crippen LogP contribution in [0.1, 0.15) is 37.7 Å². The molecule has 1 fully saturated rings. The van der Waals surface area contributed by atoms with Gasteiger partial charge in [0.1, 0.15) is 0 Å². The average molecular weight is 342 g/mol. The smallest absolute Gasteiger partial charge is 0.232 e. The van der Waals surface area contributed by atoms with Crippen molar-refractivity contribution in [2.75, 3.05) is 20.3 Å². The van der Waals surface area contributed by atoms with E-state index in [1.165, 1.54) is 0 Å². The van der Waals surface area contributed by atoms with Gasteiger partial charge in [-0.3, -0.25) is 9.59 Å². The molecule has 0 bridgehead atoms. The van der Waals surface area contributed by atoms with E-state index in [0.29, 0.717) is 32.5 Å². The van der Waals surface area contributed by atoms with E-state index in [0.717, 1.165) is 30.5 Å². The number of methoxy groups -OCH3 is 1. The molecule has 0 radical (unpaired) electrons. The first-order valence-electron chi connectivity index (χ1n) is 8.99. The third-order valence-electron chi connectivity index (χ3n) is 5.20. The van der Waals surface area contributed by atoms with Gasteiger partial charge in [-0.05, 0) is 31.2 Å². The van der Waals surface area contributed by atoms with Gasteiger partial charge in [0.15, 0.2) is 0 Å². The highest BCUT2D eigenvalue weighted by Crippen LogP contribution is 2.47. The van der Waals surface area contributed by atoms with Crippen LogP contribution >= 0.6 is 0 Å². The highest BCUT2D eigenvalue weighted by atomic mass is 16.5. The molecule has 1 aliphatic carbocycles. The number of nitrogens with one attached hydrogen (secondary N) is 1. The first kappa shape index (κ1) is 17.7. The molecule has 1 atom stereocenters. The molecule has 2 aliphatic rings. The Morgan fingerprint density at radius 2 is 2.08 bits per heavy atom. The molecular formula is C20H26N2O3. The van der Waals surface area contributed by atoms with Crippen molar-refractivity contribution >= 4 is 11.8 Å². The summed E-state index contributed by atoms with van der Waals surface area (Å²) in [6.07, 6.45) is 5.81. The van der Waals surface area contributed by atoms with Crippen molar-refractivity contribution in [1.82, 2.24) is 10.2 Å². The molecule has 25 heavy (non-hydrogen) atoms. The number of rotatable bonds is 6. The summed E-state index contributed by atoms with van der Waals surface area (Å²) >= 11 is 0. The minimum atomic E-state index is -0.575. The first-order chi connectivity index (χ1) is 12.2. The van der Waals surface area contributed by atoms with Crippen LogP contribution in [0.25, 0.3) is 0 Å². The Morgan fingerprint density at radius 1 is 1.28 bits per heavy atom. The summed E-state index contributed by atoms with van der Waals surface area (Å²) < 4.78 is 5.04. The topological polar surface area (TPSA) is 58.6 Å². The summed E-state index contributed by atoms with van der Waals surface area (Å²) in [7, 11) is 1.62. The second-order valence-corrected chi connectivity index (χ2v) is 6.78. The number of benzene rings is 1. The number of allylic oxidation sites excluding steroid dienone is 1. The molecule has 1 unspecified atom stereocenters. The zero-order valence-electron chi connectivity index (χ0n) is 14.8. The third-order valence-corrected chi connectivity index (χ3v) is 5.20. The maximum Gasteiger partial charge on any atom is 0.232 e. The van der Waals surface area contributed by atoms with Crippen molar-refractivity contribution in [2.45, 2.75) is 38.6 Å². The Kier molecular flexibility index (Phi) is 5.53. The number of piperidine rings is 1. The van der Waals surface area contributed by atoms with E-state index >= 15 is 0 Å². The summed E-state index contributed by atoms with van der Waals surface area (Å²) in [5.41, 5.74) is 1.40. The Bertz CT molecular complexity index is 656. The average Bonchev–Trinajstić information content (AvgIpc) is 2.65. The molecule has 5 heteroatoms. The van der Waals surface area contributed by atoms with Crippen molar-refractivity contribution in [1.29, 1.82) is 0 Å². The lowest BCUT2D eigenvalue weighted by molar-refractivity contribution is -0.141. The number of hydrogen-bond acceptors (Lipinski definition) is 3. The first-order valence-corrected chi connectivity index (χ1v) is 8.99. The van der Waals surface area contributed by atoms with Crippen LogP contribution in [-0.2, 0) is 20.9 Å². The maximum absolute atomic E-state index is 13.0. The molecule has 134 valence electrons. The molecule has 1 heterocycles. The van der Waals surface area contributed by atoms with Gasteiger partial charge in [0.05, 0.1) is 18.6 Å². The number of carbonyl (C=O) groups is 2. The minimum absolute atomic E-state index is 0.0288. The normalized spacial score (nSPS) is 23.0. The second-order valence-electron chi connectivity index (χ2n) is 6.78. The fraction of sp³-hybridized carbons (Fsp3) is 0.500. The highest BCUT2D eigenvalue weighted by molar-refractivity contribution is 5.91. The molecule has 1 aliphatic heterocycles. The SMILES string of the molecule is COCCNC(=O)C12CCCC=C1N(Cc1ccccc1)C(=O)CC2. The number of fused-ring (bicyclic) bond motifs is 1. The summed E-state index contributed by atoms with van der Waals surface area (Å²) in [5, 5.41) is 3.00. The van der Waals surface area contributed by atoms with E-state index in [-0.39, 0.29) is 11.8 Å². The lowest BCUT2D eigenvalue weighted by atomic mass is 9.69. The molecule has 0 saturated carbocycles. The molecule has 1 N–H and O–H groups in total. The largest absolute Gasteiger partial charge is 0.383 e. The molecule has 3 rings (SSSR count). The third kappa shape index (κ3) is 3.61. The van der Waals surface area contributed by atoms with Gasteiger partial charge in [-0.2, -0.15) is 0 Å². The Balaban J connectivity index is 1.85. The number of ether oxygens (including phenoxy) is 1. The van der Waals surface area contributed by atoms with Crippen molar-refractivity contribution in [2.24, 2.45) is 5.41 Å². The van der Waals surface area contributed by atoms with Crippen LogP contribution in [0.4, 0.5) is 0 Å². The van der Waals surface area contributed by atoms with Gasteiger partial charge in [0.25, 0.3) is 0 Å². The summed E-state index contributed by atoms with van der Waals surface area (Å²) in [6.45, 7) is 1.52. The summed E-state index contributed by atoms with van der Waals surface area (Å²) in [5.74, 6) is 0.137. The zero-order chi connectivity index (χ0) is 17.7. The number of hydrogen-bond donors (Lipinski definition) is 1. The van der Waals surface area contributed by atoms with Crippen molar-refractivity contribution in [3.05, 3.63) is 47.7 Å². The van der Waals surface area contributed by atoms with E-state index in [1.807, 2.05) is 35.2 Å². The van der Waals surface area contributed by atoms with Crippen LogP contribution in [-0.4, -0.2) is 37.0 Å².